The summed E-state index contributed by atoms with van der Waals surface area (Å²) >= 11 is 0. The maximum absolute atomic E-state index is 5.98. The minimum absolute atomic E-state index is 0.0593. The van der Waals surface area contributed by atoms with Gasteiger partial charge in [-0.05, 0) is 32.3 Å². The lowest BCUT2D eigenvalue weighted by atomic mass is 9.89. The zero-order valence-corrected chi connectivity index (χ0v) is 12.6. The minimum Gasteiger partial charge on any atom is -0.374 e. The highest BCUT2D eigenvalue weighted by Crippen LogP contribution is 2.26. The van der Waals surface area contributed by atoms with Gasteiger partial charge < -0.3 is 10.1 Å². The van der Waals surface area contributed by atoms with E-state index < -0.39 is 0 Å². The van der Waals surface area contributed by atoms with Crippen LogP contribution in [0.3, 0.4) is 0 Å². The van der Waals surface area contributed by atoms with Crippen molar-refractivity contribution in [3.05, 3.63) is 35.9 Å². The van der Waals surface area contributed by atoms with E-state index in [2.05, 4.69) is 54.4 Å². The number of hydrogen-bond donors (Lipinski definition) is 1. The summed E-state index contributed by atoms with van der Waals surface area (Å²) in [5.74, 6) is 0. The lowest BCUT2D eigenvalue weighted by molar-refractivity contribution is 0.0181. The molecule has 0 aliphatic carbocycles. The molecule has 2 aliphatic heterocycles. The molecular weight excluding hydrogens is 248 g/mol. The Morgan fingerprint density at radius 3 is 2.80 bits per heavy atom. The predicted molar refractivity (Wildman–Crippen MR) is 81.8 cm³/mol. The van der Waals surface area contributed by atoms with Crippen LogP contribution in [-0.4, -0.2) is 43.3 Å². The van der Waals surface area contributed by atoms with Crippen LogP contribution in [0.4, 0.5) is 0 Å². The molecule has 110 valence electrons. The van der Waals surface area contributed by atoms with E-state index in [9.17, 15) is 0 Å². The van der Waals surface area contributed by atoms with Gasteiger partial charge in [0.15, 0.2) is 0 Å². The van der Waals surface area contributed by atoms with Gasteiger partial charge in [-0.2, -0.15) is 0 Å². The standard InChI is InChI=1S/C17H26N2O/c1-14-8-9-16(20-14)12-19-11-10-18-17(2,13-19)15-6-4-3-5-7-15/h3-7,14,16,18H,8-13H2,1-2H3. The van der Waals surface area contributed by atoms with E-state index in [0.29, 0.717) is 12.2 Å². The van der Waals surface area contributed by atoms with Crippen LogP contribution in [0.5, 0.6) is 0 Å². The summed E-state index contributed by atoms with van der Waals surface area (Å²) in [6.07, 6.45) is 3.31. The smallest absolute Gasteiger partial charge is 0.0706 e. The first-order valence-corrected chi connectivity index (χ1v) is 7.84. The molecule has 3 unspecified atom stereocenters. The van der Waals surface area contributed by atoms with Gasteiger partial charge in [0, 0.05) is 26.2 Å². The first-order valence-electron chi connectivity index (χ1n) is 7.84. The molecule has 20 heavy (non-hydrogen) atoms. The summed E-state index contributed by atoms with van der Waals surface area (Å²) in [5, 5.41) is 3.69. The largest absolute Gasteiger partial charge is 0.374 e. The molecule has 1 aromatic carbocycles. The molecule has 0 radical (unpaired) electrons. The summed E-state index contributed by atoms with van der Waals surface area (Å²) < 4.78 is 5.98. The molecule has 0 spiro atoms. The molecule has 0 saturated carbocycles. The van der Waals surface area contributed by atoms with Crippen LogP contribution in [0, 0.1) is 0 Å². The first kappa shape index (κ1) is 14.1. The van der Waals surface area contributed by atoms with Gasteiger partial charge in [0.2, 0.25) is 0 Å². The molecule has 3 rings (SSSR count). The first-order chi connectivity index (χ1) is 9.66. The third-order valence-electron chi connectivity index (χ3n) is 4.68. The summed E-state index contributed by atoms with van der Waals surface area (Å²) in [5.41, 5.74) is 1.44. The van der Waals surface area contributed by atoms with Crippen molar-refractivity contribution in [3.8, 4) is 0 Å². The molecule has 0 amide bonds. The molecule has 1 N–H and O–H groups in total. The van der Waals surface area contributed by atoms with Gasteiger partial charge >= 0.3 is 0 Å². The van der Waals surface area contributed by atoms with Crippen molar-refractivity contribution >= 4 is 0 Å². The second-order valence-corrected chi connectivity index (χ2v) is 6.51. The second kappa shape index (κ2) is 5.84. The Hall–Kier alpha value is -0.900. The van der Waals surface area contributed by atoms with Crippen molar-refractivity contribution in [2.45, 2.75) is 44.4 Å². The number of ether oxygens (including phenoxy) is 1. The van der Waals surface area contributed by atoms with Crippen LogP contribution >= 0.6 is 0 Å². The Kier molecular flexibility index (Phi) is 4.11. The molecule has 1 aromatic rings. The van der Waals surface area contributed by atoms with E-state index in [1.165, 1.54) is 18.4 Å². The van der Waals surface area contributed by atoms with Gasteiger partial charge in [-0.1, -0.05) is 30.3 Å². The average molecular weight is 274 g/mol. The maximum Gasteiger partial charge on any atom is 0.0706 e. The van der Waals surface area contributed by atoms with Crippen LogP contribution in [0.2, 0.25) is 0 Å². The van der Waals surface area contributed by atoms with Crippen molar-refractivity contribution in [3.63, 3.8) is 0 Å². The lowest BCUT2D eigenvalue weighted by Crippen LogP contribution is -2.57. The Balaban J connectivity index is 1.64. The number of piperazine rings is 1. The topological polar surface area (TPSA) is 24.5 Å². The van der Waals surface area contributed by atoms with Crippen molar-refractivity contribution < 1.29 is 4.74 Å². The Labute approximate surface area is 122 Å². The highest BCUT2D eigenvalue weighted by Gasteiger charge is 2.34. The Morgan fingerprint density at radius 1 is 1.30 bits per heavy atom. The van der Waals surface area contributed by atoms with E-state index in [1.807, 2.05) is 0 Å². The van der Waals surface area contributed by atoms with E-state index in [0.717, 1.165) is 26.2 Å². The lowest BCUT2D eigenvalue weighted by Gasteiger charge is -2.42. The number of hydrogen-bond acceptors (Lipinski definition) is 3. The number of benzene rings is 1. The molecule has 2 aliphatic rings. The molecule has 0 bridgehead atoms. The van der Waals surface area contributed by atoms with Gasteiger partial charge in [-0.3, -0.25) is 4.90 Å². The van der Waals surface area contributed by atoms with Gasteiger partial charge in [0.25, 0.3) is 0 Å². The summed E-state index contributed by atoms with van der Waals surface area (Å²) in [7, 11) is 0. The summed E-state index contributed by atoms with van der Waals surface area (Å²) in [4.78, 5) is 2.56. The minimum atomic E-state index is 0.0593. The molecule has 3 atom stereocenters. The molecule has 2 heterocycles. The van der Waals surface area contributed by atoms with E-state index >= 15 is 0 Å². The second-order valence-electron chi connectivity index (χ2n) is 6.51. The van der Waals surface area contributed by atoms with E-state index in [4.69, 9.17) is 4.74 Å². The number of nitrogens with zero attached hydrogens (tertiary/aromatic N) is 1. The summed E-state index contributed by atoms with van der Waals surface area (Å²) in [6, 6.07) is 10.8. The molecule has 0 aromatic heterocycles. The van der Waals surface area contributed by atoms with Crippen LogP contribution < -0.4 is 5.32 Å². The quantitative estimate of drug-likeness (QED) is 0.916. The van der Waals surface area contributed by atoms with Crippen LogP contribution in [0.15, 0.2) is 30.3 Å². The van der Waals surface area contributed by atoms with Gasteiger partial charge in [0.1, 0.15) is 0 Å². The Morgan fingerprint density at radius 2 is 2.10 bits per heavy atom. The third-order valence-corrected chi connectivity index (χ3v) is 4.68. The fourth-order valence-corrected chi connectivity index (χ4v) is 3.53. The van der Waals surface area contributed by atoms with E-state index in [1.54, 1.807) is 0 Å². The molecular formula is C17H26N2O. The summed E-state index contributed by atoms with van der Waals surface area (Å²) in [6.45, 7) is 8.81. The fraction of sp³-hybridized carbons (Fsp3) is 0.647. The van der Waals surface area contributed by atoms with Gasteiger partial charge in [-0.15, -0.1) is 0 Å². The monoisotopic (exact) mass is 274 g/mol. The van der Waals surface area contributed by atoms with Crippen molar-refractivity contribution in [1.29, 1.82) is 0 Å². The normalized spacial score (nSPS) is 35.3. The molecule has 2 fully saturated rings. The number of rotatable bonds is 3. The van der Waals surface area contributed by atoms with Crippen molar-refractivity contribution in [2.75, 3.05) is 26.2 Å². The van der Waals surface area contributed by atoms with Gasteiger partial charge in [-0.25, -0.2) is 0 Å². The average Bonchev–Trinajstić information content (AvgIpc) is 2.85. The third kappa shape index (κ3) is 3.05. The highest BCUT2D eigenvalue weighted by molar-refractivity contribution is 5.24. The molecule has 3 heteroatoms. The highest BCUT2D eigenvalue weighted by atomic mass is 16.5. The number of nitrogens with one attached hydrogen (secondary N) is 1. The Bertz CT molecular complexity index is 436. The zero-order chi connectivity index (χ0) is 14.0. The molecule has 2 saturated heterocycles. The zero-order valence-electron chi connectivity index (χ0n) is 12.6. The van der Waals surface area contributed by atoms with Crippen LogP contribution in [0.1, 0.15) is 32.3 Å². The van der Waals surface area contributed by atoms with Gasteiger partial charge in [0.05, 0.1) is 17.7 Å². The van der Waals surface area contributed by atoms with Crippen LogP contribution in [-0.2, 0) is 10.3 Å². The van der Waals surface area contributed by atoms with Crippen LogP contribution in [0.25, 0.3) is 0 Å². The van der Waals surface area contributed by atoms with Crippen molar-refractivity contribution in [2.24, 2.45) is 0 Å². The molecule has 3 nitrogen and oxygen atoms in total. The SMILES string of the molecule is CC1CCC(CN2CCNC(C)(c3ccccc3)C2)O1. The van der Waals surface area contributed by atoms with E-state index in [-0.39, 0.29) is 5.54 Å². The predicted octanol–water partition coefficient (Wildman–Crippen LogP) is 2.37. The van der Waals surface area contributed by atoms with Crippen molar-refractivity contribution in [1.82, 2.24) is 10.2 Å². The maximum atomic E-state index is 5.98. The fourth-order valence-electron chi connectivity index (χ4n) is 3.53.